The van der Waals surface area contributed by atoms with Crippen LogP contribution in [0.2, 0.25) is 0 Å². The fourth-order valence-electron chi connectivity index (χ4n) is 2.98. The van der Waals surface area contributed by atoms with Gasteiger partial charge in [-0.25, -0.2) is 13.6 Å². The molecule has 1 aliphatic rings. The molecular formula is C17H15N3O2S. The number of fused-ring (bicyclic) bond motifs is 1. The third kappa shape index (κ3) is 2.71. The predicted molar refractivity (Wildman–Crippen MR) is 87.5 cm³/mol. The molecule has 0 bridgehead atoms. The van der Waals surface area contributed by atoms with Crippen LogP contribution in [0.25, 0.3) is 10.9 Å². The van der Waals surface area contributed by atoms with E-state index in [1.807, 2.05) is 18.2 Å². The Morgan fingerprint density at radius 1 is 1.00 bits per heavy atom. The van der Waals surface area contributed by atoms with E-state index in [1.54, 1.807) is 24.5 Å². The molecule has 0 radical (unpaired) electrons. The van der Waals surface area contributed by atoms with Gasteiger partial charge in [-0.1, -0.05) is 18.2 Å². The highest BCUT2D eigenvalue weighted by atomic mass is 32.2. The van der Waals surface area contributed by atoms with Gasteiger partial charge in [0.2, 0.25) is 10.0 Å². The van der Waals surface area contributed by atoms with Gasteiger partial charge in [0, 0.05) is 23.2 Å². The zero-order valence-electron chi connectivity index (χ0n) is 12.3. The van der Waals surface area contributed by atoms with Crippen LogP contribution in [0.3, 0.4) is 0 Å². The van der Waals surface area contributed by atoms with Crippen molar-refractivity contribution in [2.75, 3.05) is 0 Å². The van der Waals surface area contributed by atoms with Gasteiger partial charge in [-0.05, 0) is 42.2 Å². The van der Waals surface area contributed by atoms with Gasteiger partial charge in [0.1, 0.15) is 0 Å². The summed E-state index contributed by atoms with van der Waals surface area (Å²) >= 11 is 0. The number of primary sulfonamides is 1. The van der Waals surface area contributed by atoms with Crippen LogP contribution in [0.5, 0.6) is 0 Å². The van der Waals surface area contributed by atoms with Crippen LogP contribution in [0, 0.1) is 0 Å². The summed E-state index contributed by atoms with van der Waals surface area (Å²) in [4.78, 5) is 8.95. The Labute approximate surface area is 134 Å². The Bertz CT molecular complexity index is 984. The Hall–Kier alpha value is -2.31. The molecule has 2 N–H and O–H groups in total. The first-order valence-corrected chi connectivity index (χ1v) is 8.90. The highest BCUT2D eigenvalue weighted by Gasteiger charge is 2.40. The molecule has 1 aromatic carbocycles. The van der Waals surface area contributed by atoms with E-state index in [0.717, 1.165) is 28.6 Å². The van der Waals surface area contributed by atoms with Gasteiger partial charge in [-0.15, -0.1) is 0 Å². The average molecular weight is 325 g/mol. The van der Waals surface area contributed by atoms with E-state index < -0.39 is 10.0 Å². The van der Waals surface area contributed by atoms with Gasteiger partial charge in [0.05, 0.1) is 16.6 Å². The van der Waals surface area contributed by atoms with E-state index in [9.17, 15) is 8.42 Å². The Balaban J connectivity index is 1.59. The smallest absolute Gasteiger partial charge is 0.238 e. The van der Waals surface area contributed by atoms with Gasteiger partial charge in [-0.2, -0.15) is 0 Å². The van der Waals surface area contributed by atoms with Gasteiger partial charge in [0.15, 0.2) is 0 Å². The predicted octanol–water partition coefficient (Wildman–Crippen LogP) is 2.55. The Kier molecular flexibility index (Phi) is 3.18. The molecule has 1 aliphatic carbocycles. The lowest BCUT2D eigenvalue weighted by Crippen LogP contribution is -2.11. The molecule has 5 nitrogen and oxygen atoms in total. The second-order valence-electron chi connectivity index (χ2n) is 5.87. The lowest BCUT2D eigenvalue weighted by molar-refractivity contribution is 0.598. The van der Waals surface area contributed by atoms with E-state index in [1.165, 1.54) is 0 Å². The van der Waals surface area contributed by atoms with Crippen molar-refractivity contribution in [3.63, 3.8) is 0 Å². The largest absolute Gasteiger partial charge is 0.262 e. The van der Waals surface area contributed by atoms with Crippen molar-refractivity contribution >= 4 is 20.9 Å². The molecule has 116 valence electrons. The quantitative estimate of drug-likeness (QED) is 0.802. The number of hydrogen-bond acceptors (Lipinski definition) is 4. The molecule has 1 fully saturated rings. The first-order chi connectivity index (χ1) is 11.0. The lowest BCUT2D eigenvalue weighted by atomic mass is 10.1. The van der Waals surface area contributed by atoms with Crippen LogP contribution in [0.15, 0.2) is 59.8 Å². The molecule has 0 saturated heterocycles. The minimum absolute atomic E-state index is 0.147. The molecule has 2 aromatic heterocycles. The molecule has 2 atom stereocenters. The number of nitrogens with zero attached hydrogens (tertiary/aromatic N) is 2. The second kappa shape index (κ2) is 5.11. The van der Waals surface area contributed by atoms with Crippen LogP contribution in [0.1, 0.15) is 29.5 Å². The third-order valence-corrected chi connectivity index (χ3v) is 5.25. The highest BCUT2D eigenvalue weighted by molar-refractivity contribution is 7.89. The molecule has 0 amide bonds. The summed E-state index contributed by atoms with van der Waals surface area (Å²) in [6.45, 7) is 0. The lowest BCUT2D eigenvalue weighted by Gasteiger charge is -2.04. The van der Waals surface area contributed by atoms with E-state index in [2.05, 4.69) is 17.1 Å². The van der Waals surface area contributed by atoms with Crippen molar-refractivity contribution in [3.8, 4) is 0 Å². The second-order valence-corrected chi connectivity index (χ2v) is 7.43. The molecule has 4 rings (SSSR count). The third-order valence-electron chi connectivity index (χ3n) is 4.32. The molecule has 3 aromatic rings. The number of nitrogens with two attached hydrogens (primary N) is 1. The van der Waals surface area contributed by atoms with Crippen molar-refractivity contribution in [2.45, 2.75) is 23.2 Å². The molecule has 2 heterocycles. The molecule has 0 aliphatic heterocycles. The summed E-state index contributed by atoms with van der Waals surface area (Å²) in [6.07, 6.45) is 4.56. The number of pyridine rings is 2. The number of aromatic nitrogens is 2. The molecule has 6 heteroatoms. The van der Waals surface area contributed by atoms with Crippen LogP contribution >= 0.6 is 0 Å². The maximum atomic E-state index is 11.3. The van der Waals surface area contributed by atoms with E-state index in [0.29, 0.717) is 11.8 Å². The summed E-state index contributed by atoms with van der Waals surface area (Å²) < 4.78 is 22.6. The number of sulfonamides is 1. The van der Waals surface area contributed by atoms with Gasteiger partial charge in [-0.3, -0.25) is 9.97 Å². The summed E-state index contributed by atoms with van der Waals surface area (Å²) in [5.41, 5.74) is 3.08. The number of benzene rings is 1. The molecular weight excluding hydrogens is 310 g/mol. The maximum Gasteiger partial charge on any atom is 0.238 e. The minimum Gasteiger partial charge on any atom is -0.262 e. The van der Waals surface area contributed by atoms with Crippen LogP contribution in [-0.2, 0) is 10.0 Å². The van der Waals surface area contributed by atoms with Gasteiger partial charge >= 0.3 is 0 Å². The standard InChI is InChI=1S/C17H15N3O2S/c18-23(21,22)13-4-1-11(2-5-13)14-9-15(14)16-6-3-12-7-8-19-10-17(12)20-16/h1-8,10,14-15H,9H2,(H2,18,21,22). The van der Waals surface area contributed by atoms with Crippen LogP contribution in [-0.4, -0.2) is 18.4 Å². The number of hydrogen-bond donors (Lipinski definition) is 1. The Morgan fingerprint density at radius 3 is 2.52 bits per heavy atom. The normalized spacial score (nSPS) is 20.6. The Morgan fingerprint density at radius 2 is 1.78 bits per heavy atom. The SMILES string of the molecule is NS(=O)(=O)c1ccc(C2CC2c2ccc3ccncc3n2)cc1. The zero-order valence-corrected chi connectivity index (χ0v) is 13.1. The van der Waals surface area contributed by atoms with Crippen LogP contribution in [0.4, 0.5) is 0 Å². The first-order valence-electron chi connectivity index (χ1n) is 7.36. The highest BCUT2D eigenvalue weighted by Crippen LogP contribution is 2.54. The van der Waals surface area contributed by atoms with Gasteiger partial charge in [0.25, 0.3) is 0 Å². The monoisotopic (exact) mass is 325 g/mol. The van der Waals surface area contributed by atoms with Crippen molar-refractivity contribution in [1.82, 2.24) is 9.97 Å². The average Bonchev–Trinajstić information content (AvgIpc) is 3.34. The number of rotatable bonds is 3. The summed E-state index contributed by atoms with van der Waals surface area (Å²) in [5, 5.41) is 6.21. The van der Waals surface area contributed by atoms with Crippen molar-refractivity contribution in [2.24, 2.45) is 5.14 Å². The van der Waals surface area contributed by atoms with Gasteiger partial charge < -0.3 is 0 Å². The fourth-order valence-corrected chi connectivity index (χ4v) is 3.50. The van der Waals surface area contributed by atoms with Crippen molar-refractivity contribution in [1.29, 1.82) is 0 Å². The van der Waals surface area contributed by atoms with E-state index >= 15 is 0 Å². The van der Waals surface area contributed by atoms with Crippen molar-refractivity contribution in [3.05, 3.63) is 66.1 Å². The van der Waals surface area contributed by atoms with Crippen LogP contribution < -0.4 is 5.14 Å². The molecule has 0 spiro atoms. The maximum absolute atomic E-state index is 11.3. The molecule has 2 unspecified atom stereocenters. The van der Waals surface area contributed by atoms with Crippen molar-refractivity contribution < 1.29 is 8.42 Å². The molecule has 1 saturated carbocycles. The minimum atomic E-state index is -3.63. The topological polar surface area (TPSA) is 85.9 Å². The summed E-state index contributed by atoms with van der Waals surface area (Å²) in [7, 11) is -3.63. The molecule has 23 heavy (non-hydrogen) atoms. The summed E-state index contributed by atoms with van der Waals surface area (Å²) in [5.74, 6) is 0.756. The van der Waals surface area contributed by atoms with E-state index in [4.69, 9.17) is 10.1 Å². The zero-order chi connectivity index (χ0) is 16.0. The fraction of sp³-hybridized carbons (Fsp3) is 0.176. The summed E-state index contributed by atoms with van der Waals surface area (Å²) in [6, 6.07) is 12.9. The first kappa shape index (κ1) is 14.3. The van der Waals surface area contributed by atoms with E-state index in [-0.39, 0.29) is 4.90 Å².